The first kappa shape index (κ1) is 16.9. The number of halogens is 3. The molecule has 0 N–H and O–H groups in total. The average molecular weight is 381 g/mol. The lowest BCUT2D eigenvalue weighted by Crippen LogP contribution is -2.06. The summed E-state index contributed by atoms with van der Waals surface area (Å²) < 4.78 is 41.0. The summed E-state index contributed by atoms with van der Waals surface area (Å²) in [5, 5.41) is 0. The molecule has 0 unspecified atom stereocenters. The Kier molecular flexibility index (Phi) is 3.68. The van der Waals surface area contributed by atoms with E-state index in [0.29, 0.717) is 28.8 Å². The predicted octanol–water partition coefficient (Wildman–Crippen LogP) is 4.77. The molecule has 0 saturated heterocycles. The van der Waals surface area contributed by atoms with Gasteiger partial charge >= 0.3 is 6.18 Å². The lowest BCUT2D eigenvalue weighted by atomic mass is 10.2. The summed E-state index contributed by atoms with van der Waals surface area (Å²) in [7, 11) is 0. The van der Waals surface area contributed by atoms with Crippen LogP contribution in [0.5, 0.6) is 0 Å². The van der Waals surface area contributed by atoms with Gasteiger partial charge in [0.25, 0.3) is 0 Å². The molecule has 8 heteroatoms. The van der Waals surface area contributed by atoms with E-state index in [9.17, 15) is 13.2 Å². The quantitative estimate of drug-likeness (QED) is 0.513. The van der Waals surface area contributed by atoms with Crippen LogP contribution in [-0.4, -0.2) is 24.5 Å². The summed E-state index contributed by atoms with van der Waals surface area (Å²) in [4.78, 5) is 17.3. The van der Waals surface area contributed by atoms with E-state index in [1.165, 1.54) is 0 Å². The molecule has 4 aromatic rings. The summed E-state index contributed by atoms with van der Waals surface area (Å²) in [5.41, 5.74) is 1.90. The van der Waals surface area contributed by atoms with Gasteiger partial charge in [0, 0.05) is 24.0 Å². The second-order valence-corrected chi connectivity index (χ2v) is 6.77. The number of fused-ring (bicyclic) bond motifs is 1. The molecular weight excluding hydrogens is 367 g/mol. The van der Waals surface area contributed by atoms with E-state index >= 15 is 0 Å². The number of nitrogens with zero attached hydrogens (tertiary/aromatic N) is 5. The Morgan fingerprint density at radius 1 is 0.964 bits per heavy atom. The molecule has 0 amide bonds. The molecule has 5 rings (SSSR count). The predicted molar refractivity (Wildman–Crippen MR) is 96.9 cm³/mol. The molecule has 0 spiro atoms. The fraction of sp³-hybridized carbons (Fsp3) is 0.200. The van der Waals surface area contributed by atoms with E-state index in [4.69, 9.17) is 0 Å². The first-order valence-corrected chi connectivity index (χ1v) is 8.84. The molecule has 0 bridgehead atoms. The van der Waals surface area contributed by atoms with E-state index in [0.717, 1.165) is 30.8 Å². The Morgan fingerprint density at radius 2 is 1.82 bits per heavy atom. The van der Waals surface area contributed by atoms with Gasteiger partial charge in [0.15, 0.2) is 11.5 Å². The minimum absolute atomic E-state index is 0.154. The van der Waals surface area contributed by atoms with Crippen LogP contribution < -0.4 is 0 Å². The van der Waals surface area contributed by atoms with Gasteiger partial charge in [-0.15, -0.1) is 0 Å². The van der Waals surface area contributed by atoms with Crippen LogP contribution in [0, 0.1) is 0 Å². The summed E-state index contributed by atoms with van der Waals surface area (Å²) >= 11 is 0. The summed E-state index contributed by atoms with van der Waals surface area (Å²) in [6, 6.07) is 10.2. The van der Waals surface area contributed by atoms with Crippen molar-refractivity contribution in [3.63, 3.8) is 0 Å². The van der Waals surface area contributed by atoms with Crippen molar-refractivity contribution in [3.05, 3.63) is 66.2 Å². The first-order chi connectivity index (χ1) is 13.5. The van der Waals surface area contributed by atoms with Gasteiger partial charge in [0.1, 0.15) is 11.2 Å². The Morgan fingerprint density at radius 3 is 2.46 bits per heavy atom. The Balaban J connectivity index is 1.72. The van der Waals surface area contributed by atoms with Gasteiger partial charge < -0.3 is 0 Å². The standard InChI is InChI=1S/C20H14F3N5/c21-20(22,23)13-9-17-18(26-10-13)28(19(27-17)16-3-1-2-8-24-16)14-6-7-15(25-11-14)12-4-5-12/h1-3,6-12H,4-5H2. The highest BCUT2D eigenvalue weighted by atomic mass is 19.4. The molecule has 140 valence electrons. The molecule has 28 heavy (non-hydrogen) atoms. The number of aromatic nitrogens is 5. The molecule has 0 aromatic carbocycles. The van der Waals surface area contributed by atoms with Crippen molar-refractivity contribution in [1.82, 2.24) is 24.5 Å². The zero-order valence-corrected chi connectivity index (χ0v) is 14.6. The third kappa shape index (κ3) is 2.90. The number of hydrogen-bond donors (Lipinski definition) is 0. The molecule has 5 nitrogen and oxygen atoms in total. The highest BCUT2D eigenvalue weighted by molar-refractivity contribution is 5.79. The van der Waals surface area contributed by atoms with E-state index in [1.807, 2.05) is 12.1 Å². The Hall–Kier alpha value is -3.29. The van der Waals surface area contributed by atoms with Gasteiger partial charge in [0.2, 0.25) is 0 Å². The fourth-order valence-corrected chi connectivity index (χ4v) is 3.18. The number of rotatable bonds is 3. The third-order valence-electron chi connectivity index (χ3n) is 4.74. The third-order valence-corrected chi connectivity index (χ3v) is 4.74. The molecular formula is C20H14F3N5. The van der Waals surface area contributed by atoms with Crippen LogP contribution in [0.1, 0.15) is 30.0 Å². The van der Waals surface area contributed by atoms with Crippen LogP contribution in [0.15, 0.2) is 55.0 Å². The van der Waals surface area contributed by atoms with Gasteiger partial charge in [-0.05, 0) is 43.2 Å². The Labute approximate surface area is 157 Å². The zero-order chi connectivity index (χ0) is 19.3. The smallest absolute Gasteiger partial charge is 0.274 e. The molecule has 4 heterocycles. The number of imidazole rings is 1. The first-order valence-electron chi connectivity index (χ1n) is 8.84. The maximum absolute atomic E-state index is 13.1. The fourth-order valence-electron chi connectivity index (χ4n) is 3.18. The molecule has 4 aromatic heterocycles. The van der Waals surface area contributed by atoms with Crippen molar-refractivity contribution in [2.75, 3.05) is 0 Å². The summed E-state index contributed by atoms with van der Waals surface area (Å²) in [6.07, 6.45) is 1.95. The largest absolute Gasteiger partial charge is 0.417 e. The highest BCUT2D eigenvalue weighted by Gasteiger charge is 2.32. The second kappa shape index (κ2) is 6.12. The van der Waals surface area contributed by atoms with Gasteiger partial charge in [-0.1, -0.05) is 6.07 Å². The molecule has 1 saturated carbocycles. The second-order valence-electron chi connectivity index (χ2n) is 6.77. The highest BCUT2D eigenvalue weighted by Crippen LogP contribution is 2.39. The van der Waals surface area contributed by atoms with E-state index in [1.54, 1.807) is 35.2 Å². The molecule has 1 aliphatic rings. The van der Waals surface area contributed by atoms with Crippen molar-refractivity contribution < 1.29 is 13.2 Å². The van der Waals surface area contributed by atoms with Crippen molar-refractivity contribution >= 4 is 11.2 Å². The topological polar surface area (TPSA) is 56.5 Å². The maximum Gasteiger partial charge on any atom is 0.417 e. The van der Waals surface area contributed by atoms with Crippen LogP contribution in [0.4, 0.5) is 13.2 Å². The lowest BCUT2D eigenvalue weighted by Gasteiger charge is -2.09. The summed E-state index contributed by atoms with van der Waals surface area (Å²) in [5.74, 6) is 0.930. The molecule has 0 aliphatic heterocycles. The van der Waals surface area contributed by atoms with Gasteiger partial charge in [-0.25, -0.2) is 9.97 Å². The van der Waals surface area contributed by atoms with Crippen LogP contribution in [0.25, 0.3) is 28.4 Å². The van der Waals surface area contributed by atoms with Crippen LogP contribution in [0.2, 0.25) is 0 Å². The molecule has 1 fully saturated rings. The van der Waals surface area contributed by atoms with Gasteiger partial charge in [0.05, 0.1) is 17.4 Å². The minimum Gasteiger partial charge on any atom is -0.274 e. The van der Waals surface area contributed by atoms with Crippen LogP contribution in [-0.2, 0) is 6.18 Å². The number of pyridine rings is 3. The normalized spacial score (nSPS) is 14.5. The van der Waals surface area contributed by atoms with Crippen LogP contribution in [0.3, 0.4) is 0 Å². The maximum atomic E-state index is 13.1. The summed E-state index contributed by atoms with van der Waals surface area (Å²) in [6.45, 7) is 0. The lowest BCUT2D eigenvalue weighted by molar-refractivity contribution is -0.137. The number of hydrogen-bond acceptors (Lipinski definition) is 4. The average Bonchev–Trinajstić information content (AvgIpc) is 3.48. The SMILES string of the molecule is FC(F)(F)c1cnc2c(c1)nc(-c1ccccn1)n2-c1ccc(C2CC2)nc1. The zero-order valence-electron chi connectivity index (χ0n) is 14.6. The van der Waals surface area contributed by atoms with Crippen molar-refractivity contribution in [2.24, 2.45) is 0 Å². The Bertz CT molecular complexity index is 1150. The van der Waals surface area contributed by atoms with Gasteiger partial charge in [-0.3, -0.25) is 14.5 Å². The molecule has 0 radical (unpaired) electrons. The minimum atomic E-state index is -4.48. The number of alkyl halides is 3. The van der Waals surface area contributed by atoms with E-state index < -0.39 is 11.7 Å². The van der Waals surface area contributed by atoms with E-state index in [-0.39, 0.29) is 5.52 Å². The molecule has 0 atom stereocenters. The van der Waals surface area contributed by atoms with Crippen molar-refractivity contribution in [3.8, 4) is 17.2 Å². The van der Waals surface area contributed by atoms with E-state index in [2.05, 4.69) is 19.9 Å². The monoisotopic (exact) mass is 381 g/mol. The van der Waals surface area contributed by atoms with Crippen LogP contribution >= 0.6 is 0 Å². The van der Waals surface area contributed by atoms with Gasteiger partial charge in [-0.2, -0.15) is 13.2 Å². The van der Waals surface area contributed by atoms with Crippen molar-refractivity contribution in [2.45, 2.75) is 24.9 Å². The van der Waals surface area contributed by atoms with Crippen molar-refractivity contribution in [1.29, 1.82) is 0 Å². The molecule has 1 aliphatic carbocycles.